The van der Waals surface area contributed by atoms with Crippen molar-refractivity contribution < 1.29 is 36.4 Å². The van der Waals surface area contributed by atoms with Gasteiger partial charge in [-0.2, -0.15) is 0 Å². The average molecular weight is 306 g/mol. The molecule has 4 atom stereocenters. The molecule has 0 aromatic rings. The Morgan fingerprint density at radius 2 is 1.90 bits per heavy atom. The number of esters is 2. The molecule has 2 aliphatic rings. The van der Waals surface area contributed by atoms with E-state index in [1.165, 1.54) is 0 Å². The lowest BCUT2D eigenvalue weighted by atomic mass is 9.95. The van der Waals surface area contributed by atoms with Gasteiger partial charge in [-0.25, -0.2) is 18.0 Å². The summed E-state index contributed by atoms with van der Waals surface area (Å²) in [6.07, 6.45) is -0.212. The van der Waals surface area contributed by atoms with Crippen LogP contribution in [0, 0.1) is 0 Å². The molecule has 2 fully saturated rings. The van der Waals surface area contributed by atoms with Gasteiger partial charge < -0.3 is 14.2 Å². The van der Waals surface area contributed by atoms with Crippen LogP contribution in [0.3, 0.4) is 0 Å². The van der Waals surface area contributed by atoms with E-state index >= 15 is 0 Å². The molecule has 0 aliphatic carbocycles. The Kier molecular flexibility index (Phi) is 4.73. The molecule has 0 N–H and O–H groups in total. The SMILES string of the molecule is C=CC(=O)OCC(=O)OC1C2CCC(O2)C1O[SH](=O)=O. The summed E-state index contributed by atoms with van der Waals surface area (Å²) < 4.78 is 41.1. The summed E-state index contributed by atoms with van der Waals surface area (Å²) in [5.74, 6) is -1.54. The highest BCUT2D eigenvalue weighted by atomic mass is 32.2. The van der Waals surface area contributed by atoms with Crippen LogP contribution in [-0.2, 0) is 39.0 Å². The number of fused-ring (bicyclic) bond motifs is 2. The van der Waals surface area contributed by atoms with Gasteiger partial charge in [-0.15, -0.1) is 0 Å². The van der Waals surface area contributed by atoms with Crippen molar-refractivity contribution in [3.05, 3.63) is 12.7 Å². The molecule has 112 valence electrons. The maximum Gasteiger partial charge on any atom is 0.344 e. The van der Waals surface area contributed by atoms with Gasteiger partial charge in [0, 0.05) is 6.08 Å². The molecule has 2 saturated heterocycles. The van der Waals surface area contributed by atoms with E-state index < -0.39 is 47.8 Å². The van der Waals surface area contributed by atoms with Gasteiger partial charge in [-0.1, -0.05) is 6.58 Å². The molecule has 0 aromatic carbocycles. The minimum Gasteiger partial charge on any atom is -0.454 e. The van der Waals surface area contributed by atoms with Crippen LogP contribution >= 0.6 is 0 Å². The van der Waals surface area contributed by atoms with Gasteiger partial charge >= 0.3 is 11.9 Å². The van der Waals surface area contributed by atoms with Crippen molar-refractivity contribution in [3.8, 4) is 0 Å². The molecule has 9 heteroatoms. The van der Waals surface area contributed by atoms with E-state index in [0.717, 1.165) is 6.08 Å². The van der Waals surface area contributed by atoms with E-state index in [0.29, 0.717) is 12.8 Å². The molecule has 8 nitrogen and oxygen atoms in total. The van der Waals surface area contributed by atoms with E-state index in [-0.39, 0.29) is 6.10 Å². The minimum absolute atomic E-state index is 0.390. The van der Waals surface area contributed by atoms with E-state index in [2.05, 4.69) is 11.3 Å². The van der Waals surface area contributed by atoms with E-state index in [1.54, 1.807) is 0 Å². The van der Waals surface area contributed by atoms with Gasteiger partial charge in [0.05, 0.1) is 12.2 Å². The largest absolute Gasteiger partial charge is 0.454 e. The van der Waals surface area contributed by atoms with Gasteiger partial charge in [-0.3, -0.25) is 4.18 Å². The number of hydrogen-bond donors (Lipinski definition) is 1. The maximum absolute atomic E-state index is 11.5. The number of rotatable bonds is 6. The van der Waals surface area contributed by atoms with Crippen LogP contribution < -0.4 is 0 Å². The molecule has 0 spiro atoms. The third-order valence-corrected chi connectivity index (χ3v) is 3.53. The summed E-state index contributed by atoms with van der Waals surface area (Å²) in [7, 11) is -3.07. The fourth-order valence-electron chi connectivity index (χ4n) is 2.34. The van der Waals surface area contributed by atoms with E-state index in [1.807, 2.05) is 0 Å². The van der Waals surface area contributed by atoms with Crippen LogP contribution in [0.25, 0.3) is 0 Å². The molecule has 20 heavy (non-hydrogen) atoms. The first-order chi connectivity index (χ1) is 9.51. The summed E-state index contributed by atoms with van der Waals surface area (Å²) in [6.45, 7) is 2.61. The molecular weight excluding hydrogens is 292 g/mol. The van der Waals surface area contributed by atoms with Crippen LogP contribution in [0.2, 0.25) is 0 Å². The van der Waals surface area contributed by atoms with E-state index in [4.69, 9.17) is 13.7 Å². The van der Waals surface area contributed by atoms with Crippen LogP contribution in [0.15, 0.2) is 12.7 Å². The third-order valence-electron chi connectivity index (χ3n) is 3.12. The fourth-order valence-corrected chi connectivity index (χ4v) is 2.80. The Hall–Kier alpha value is -1.45. The highest BCUT2D eigenvalue weighted by Gasteiger charge is 2.52. The lowest BCUT2D eigenvalue weighted by molar-refractivity contribution is -0.164. The lowest BCUT2D eigenvalue weighted by Gasteiger charge is -2.25. The predicted octanol–water partition coefficient (Wildman–Crippen LogP) is -0.900. The van der Waals surface area contributed by atoms with Crippen molar-refractivity contribution >= 4 is 22.9 Å². The summed E-state index contributed by atoms with van der Waals surface area (Å²) >= 11 is 0. The van der Waals surface area contributed by atoms with Gasteiger partial charge in [0.2, 0.25) is 0 Å². The van der Waals surface area contributed by atoms with Crippen molar-refractivity contribution in [2.24, 2.45) is 0 Å². The summed E-state index contributed by atoms with van der Waals surface area (Å²) in [5, 5.41) is 0. The predicted molar refractivity (Wildman–Crippen MR) is 64.1 cm³/mol. The summed E-state index contributed by atoms with van der Waals surface area (Å²) in [6, 6.07) is 0. The van der Waals surface area contributed by atoms with Crippen molar-refractivity contribution in [2.45, 2.75) is 37.3 Å². The normalized spacial score (nSPS) is 31.2. The maximum atomic E-state index is 11.5. The van der Waals surface area contributed by atoms with Crippen LogP contribution in [0.5, 0.6) is 0 Å². The number of thiol groups is 1. The molecule has 0 aromatic heterocycles. The molecule has 0 amide bonds. The molecular formula is C11H14O8S. The van der Waals surface area contributed by atoms with Crippen molar-refractivity contribution in [2.75, 3.05) is 6.61 Å². The zero-order valence-electron chi connectivity index (χ0n) is 10.4. The number of hydrogen-bond acceptors (Lipinski definition) is 8. The first-order valence-electron chi connectivity index (χ1n) is 5.96. The van der Waals surface area contributed by atoms with Crippen molar-refractivity contribution in [1.29, 1.82) is 0 Å². The topological polar surface area (TPSA) is 105 Å². The first kappa shape index (κ1) is 14.9. The average Bonchev–Trinajstić information content (AvgIpc) is 2.98. The van der Waals surface area contributed by atoms with Crippen LogP contribution in [0.1, 0.15) is 12.8 Å². The van der Waals surface area contributed by atoms with Crippen molar-refractivity contribution in [1.82, 2.24) is 0 Å². The first-order valence-corrected chi connectivity index (χ1v) is 7.06. The Morgan fingerprint density at radius 3 is 2.50 bits per heavy atom. The van der Waals surface area contributed by atoms with E-state index in [9.17, 15) is 18.0 Å². The second-order valence-electron chi connectivity index (χ2n) is 4.35. The fraction of sp³-hybridized carbons (Fsp3) is 0.636. The molecule has 0 radical (unpaired) electrons. The quantitative estimate of drug-likeness (QED) is 0.382. The molecule has 0 saturated carbocycles. The molecule has 4 unspecified atom stereocenters. The Bertz CT molecular complexity index is 477. The standard InChI is InChI=1S/C11H14O8S/c1-2-8(12)16-5-9(13)18-10-6-3-4-7(17-6)11(10)19-20(14)15/h2,6-7,10-11,20H,1,3-5H2. The van der Waals surface area contributed by atoms with Crippen molar-refractivity contribution in [3.63, 3.8) is 0 Å². The number of carbonyl (C=O) groups excluding carboxylic acids is 2. The van der Waals surface area contributed by atoms with Gasteiger partial charge in [0.15, 0.2) is 12.7 Å². The zero-order chi connectivity index (χ0) is 14.7. The Balaban J connectivity index is 1.91. The lowest BCUT2D eigenvalue weighted by Crippen LogP contribution is -2.42. The zero-order valence-corrected chi connectivity index (χ0v) is 11.3. The van der Waals surface area contributed by atoms with Crippen LogP contribution in [0.4, 0.5) is 0 Å². The number of ether oxygens (including phenoxy) is 3. The van der Waals surface area contributed by atoms with Gasteiger partial charge in [0.25, 0.3) is 11.0 Å². The summed E-state index contributed by atoms with van der Waals surface area (Å²) in [5.41, 5.74) is 0. The highest BCUT2D eigenvalue weighted by Crippen LogP contribution is 2.38. The highest BCUT2D eigenvalue weighted by molar-refractivity contribution is 7.67. The molecule has 2 bridgehead atoms. The second kappa shape index (κ2) is 6.33. The monoisotopic (exact) mass is 306 g/mol. The Morgan fingerprint density at radius 1 is 1.25 bits per heavy atom. The summed E-state index contributed by atoms with van der Waals surface area (Å²) in [4.78, 5) is 22.3. The smallest absolute Gasteiger partial charge is 0.344 e. The molecule has 2 rings (SSSR count). The molecule has 2 aliphatic heterocycles. The van der Waals surface area contributed by atoms with Gasteiger partial charge in [-0.05, 0) is 12.8 Å². The minimum atomic E-state index is -3.07. The van der Waals surface area contributed by atoms with Crippen LogP contribution in [-0.4, -0.2) is 51.4 Å². The Labute approximate surface area is 116 Å². The molecule has 2 heterocycles. The second-order valence-corrected chi connectivity index (χ2v) is 5.01. The third kappa shape index (κ3) is 3.35. The number of carbonyl (C=O) groups is 2. The van der Waals surface area contributed by atoms with Gasteiger partial charge in [0.1, 0.15) is 6.10 Å².